The van der Waals surface area contributed by atoms with E-state index in [0.717, 1.165) is 5.56 Å². The molecule has 1 atom stereocenters. The standard InChI is InChI=1S/C25H20N2O5/c28-23(17-8-9-19-20(13-17)32-12-11-31-19)21-22(18-7-4-10-26-14-18)27(25(30)24(21)29)15-16-5-2-1-3-6-16/h1-10,13-14,22,28H,11-12,15H2. The summed E-state index contributed by atoms with van der Waals surface area (Å²) in [6, 6.07) is 17.1. The van der Waals surface area contributed by atoms with Crippen molar-refractivity contribution in [3.8, 4) is 11.5 Å². The molecule has 2 aliphatic heterocycles. The smallest absolute Gasteiger partial charge is 0.295 e. The fourth-order valence-electron chi connectivity index (χ4n) is 4.05. The minimum Gasteiger partial charge on any atom is -0.507 e. The molecule has 5 rings (SSSR count). The van der Waals surface area contributed by atoms with Gasteiger partial charge in [-0.1, -0.05) is 36.4 Å². The van der Waals surface area contributed by atoms with Crippen LogP contribution >= 0.6 is 0 Å². The molecule has 1 saturated heterocycles. The van der Waals surface area contributed by atoms with Crippen LogP contribution < -0.4 is 9.47 Å². The van der Waals surface area contributed by atoms with Crippen LogP contribution in [0.25, 0.3) is 5.76 Å². The average molecular weight is 428 g/mol. The van der Waals surface area contributed by atoms with E-state index in [2.05, 4.69) is 4.98 Å². The number of hydrogen-bond acceptors (Lipinski definition) is 6. The van der Waals surface area contributed by atoms with Gasteiger partial charge in [-0.3, -0.25) is 14.6 Å². The van der Waals surface area contributed by atoms with Gasteiger partial charge < -0.3 is 19.5 Å². The normalized spacial score (nSPS) is 19.2. The third-order valence-corrected chi connectivity index (χ3v) is 5.55. The van der Waals surface area contributed by atoms with Crippen molar-refractivity contribution in [1.29, 1.82) is 0 Å². The number of aromatic nitrogens is 1. The fourth-order valence-corrected chi connectivity index (χ4v) is 4.05. The summed E-state index contributed by atoms with van der Waals surface area (Å²) in [6.45, 7) is 1.07. The van der Waals surface area contributed by atoms with E-state index in [9.17, 15) is 14.7 Å². The van der Waals surface area contributed by atoms with Crippen LogP contribution in [0, 0.1) is 0 Å². The summed E-state index contributed by atoms with van der Waals surface area (Å²) in [6.07, 6.45) is 3.22. The Morgan fingerprint density at radius 2 is 1.78 bits per heavy atom. The summed E-state index contributed by atoms with van der Waals surface area (Å²) in [5.74, 6) is -0.605. The van der Waals surface area contributed by atoms with E-state index in [1.807, 2.05) is 30.3 Å². The number of amides is 1. The molecule has 0 spiro atoms. The lowest BCUT2D eigenvalue weighted by Gasteiger charge is -2.25. The van der Waals surface area contributed by atoms with Gasteiger partial charge in [-0.2, -0.15) is 0 Å². The second-order valence-corrected chi connectivity index (χ2v) is 7.56. The van der Waals surface area contributed by atoms with Crippen LogP contribution in [0.4, 0.5) is 0 Å². The number of benzene rings is 2. The second-order valence-electron chi connectivity index (χ2n) is 7.56. The van der Waals surface area contributed by atoms with Crippen molar-refractivity contribution in [1.82, 2.24) is 9.88 Å². The molecule has 1 fully saturated rings. The van der Waals surface area contributed by atoms with Gasteiger partial charge in [-0.25, -0.2) is 0 Å². The van der Waals surface area contributed by atoms with Crippen LogP contribution in [-0.2, 0) is 16.1 Å². The molecule has 160 valence electrons. The summed E-state index contributed by atoms with van der Waals surface area (Å²) in [5, 5.41) is 11.2. The molecule has 3 aromatic rings. The summed E-state index contributed by atoms with van der Waals surface area (Å²) in [5.41, 5.74) is 1.92. The van der Waals surface area contributed by atoms with E-state index in [1.54, 1.807) is 42.7 Å². The maximum Gasteiger partial charge on any atom is 0.295 e. The molecule has 32 heavy (non-hydrogen) atoms. The molecule has 1 aromatic heterocycles. The van der Waals surface area contributed by atoms with Crippen molar-refractivity contribution in [2.24, 2.45) is 0 Å². The number of carbonyl (C=O) groups excluding carboxylic acids is 2. The first-order chi connectivity index (χ1) is 15.6. The average Bonchev–Trinajstić information content (AvgIpc) is 3.09. The molecule has 2 aromatic carbocycles. The number of likely N-dealkylation sites (tertiary alicyclic amines) is 1. The predicted octanol–water partition coefficient (Wildman–Crippen LogP) is 3.47. The molecular weight excluding hydrogens is 408 g/mol. The maximum atomic E-state index is 13.1. The monoisotopic (exact) mass is 428 g/mol. The van der Waals surface area contributed by atoms with E-state index < -0.39 is 17.7 Å². The first-order valence-corrected chi connectivity index (χ1v) is 10.3. The lowest BCUT2D eigenvalue weighted by molar-refractivity contribution is -0.140. The Morgan fingerprint density at radius 3 is 2.53 bits per heavy atom. The van der Waals surface area contributed by atoms with E-state index in [0.29, 0.717) is 35.8 Å². The van der Waals surface area contributed by atoms with Gasteiger partial charge in [0.2, 0.25) is 0 Å². The van der Waals surface area contributed by atoms with Crippen molar-refractivity contribution in [2.45, 2.75) is 12.6 Å². The van der Waals surface area contributed by atoms with Crippen molar-refractivity contribution >= 4 is 17.4 Å². The summed E-state index contributed by atoms with van der Waals surface area (Å²) >= 11 is 0. The van der Waals surface area contributed by atoms with Crippen molar-refractivity contribution in [3.05, 3.63) is 95.3 Å². The Bertz CT molecular complexity index is 1210. The summed E-state index contributed by atoms with van der Waals surface area (Å²) < 4.78 is 11.1. The zero-order valence-electron chi connectivity index (χ0n) is 17.1. The molecule has 0 aliphatic carbocycles. The summed E-state index contributed by atoms with van der Waals surface area (Å²) in [4.78, 5) is 31.8. The Balaban J connectivity index is 1.62. The first kappa shape index (κ1) is 19.8. The summed E-state index contributed by atoms with van der Waals surface area (Å²) in [7, 11) is 0. The number of hydrogen-bond donors (Lipinski definition) is 1. The molecule has 2 aliphatic rings. The van der Waals surface area contributed by atoms with Gasteiger partial charge in [0.05, 0.1) is 11.6 Å². The number of fused-ring (bicyclic) bond motifs is 1. The molecule has 1 unspecified atom stereocenters. The number of ether oxygens (including phenoxy) is 2. The zero-order valence-corrected chi connectivity index (χ0v) is 17.1. The molecule has 0 saturated carbocycles. The number of ketones is 1. The molecule has 7 heteroatoms. The largest absolute Gasteiger partial charge is 0.507 e. The van der Waals surface area contributed by atoms with Crippen LogP contribution in [0.2, 0.25) is 0 Å². The van der Waals surface area contributed by atoms with Gasteiger partial charge in [0.25, 0.3) is 11.7 Å². The number of rotatable bonds is 4. The molecule has 3 heterocycles. The van der Waals surface area contributed by atoms with Gasteiger partial charge in [0, 0.05) is 24.5 Å². The lowest BCUT2D eigenvalue weighted by Crippen LogP contribution is -2.29. The van der Waals surface area contributed by atoms with Crippen LogP contribution in [0.15, 0.2) is 78.6 Å². The third-order valence-electron chi connectivity index (χ3n) is 5.55. The van der Waals surface area contributed by atoms with Crippen molar-refractivity contribution < 1.29 is 24.2 Å². The van der Waals surface area contributed by atoms with E-state index in [-0.39, 0.29) is 17.9 Å². The van der Waals surface area contributed by atoms with Crippen molar-refractivity contribution in [2.75, 3.05) is 13.2 Å². The number of aliphatic hydroxyl groups excluding tert-OH is 1. The first-order valence-electron chi connectivity index (χ1n) is 10.3. The second kappa shape index (κ2) is 8.19. The molecule has 7 nitrogen and oxygen atoms in total. The van der Waals surface area contributed by atoms with E-state index >= 15 is 0 Å². The fraction of sp³-hybridized carbons (Fsp3) is 0.160. The van der Waals surface area contributed by atoms with Crippen LogP contribution in [0.1, 0.15) is 22.7 Å². The molecule has 1 amide bonds. The van der Waals surface area contributed by atoms with E-state index in [4.69, 9.17) is 9.47 Å². The third kappa shape index (κ3) is 3.47. The van der Waals surface area contributed by atoms with E-state index in [1.165, 1.54) is 4.90 Å². The van der Waals surface area contributed by atoms with Gasteiger partial charge in [0.15, 0.2) is 11.5 Å². The SMILES string of the molecule is O=C1C(=O)N(Cc2ccccc2)C(c2cccnc2)C1=C(O)c1ccc2c(c1)OCCO2. The Kier molecular flexibility index (Phi) is 5.07. The number of aliphatic hydroxyl groups is 1. The highest BCUT2D eigenvalue weighted by atomic mass is 16.6. The molecular formula is C25H20N2O5. The Labute approximate surface area is 184 Å². The molecule has 0 radical (unpaired) electrons. The number of pyridine rings is 1. The van der Waals surface area contributed by atoms with Crippen LogP contribution in [0.5, 0.6) is 11.5 Å². The van der Waals surface area contributed by atoms with Gasteiger partial charge in [0.1, 0.15) is 19.0 Å². The van der Waals surface area contributed by atoms with Crippen LogP contribution in [-0.4, -0.2) is 39.9 Å². The lowest BCUT2D eigenvalue weighted by atomic mass is 9.96. The predicted molar refractivity (Wildman–Crippen MR) is 116 cm³/mol. The van der Waals surface area contributed by atoms with Gasteiger partial charge in [-0.15, -0.1) is 0 Å². The molecule has 1 N–H and O–H groups in total. The Hall–Kier alpha value is -4.13. The van der Waals surface area contributed by atoms with Gasteiger partial charge >= 0.3 is 0 Å². The maximum absolute atomic E-state index is 13.1. The minimum absolute atomic E-state index is 0.0237. The number of Topliss-reactive ketones (excluding diaryl/α,β-unsaturated/α-hetero) is 1. The minimum atomic E-state index is -0.767. The quantitative estimate of drug-likeness (QED) is 0.389. The highest BCUT2D eigenvalue weighted by molar-refractivity contribution is 6.46. The highest BCUT2D eigenvalue weighted by Crippen LogP contribution is 2.41. The zero-order chi connectivity index (χ0) is 22.1. The van der Waals surface area contributed by atoms with Gasteiger partial charge in [-0.05, 0) is 35.4 Å². The molecule has 0 bridgehead atoms. The topological polar surface area (TPSA) is 89.0 Å². The highest BCUT2D eigenvalue weighted by Gasteiger charge is 2.46. The Morgan fingerprint density at radius 1 is 1.00 bits per heavy atom. The number of carbonyl (C=O) groups is 2. The number of nitrogens with zero attached hydrogens (tertiary/aromatic N) is 2. The van der Waals surface area contributed by atoms with Crippen LogP contribution in [0.3, 0.4) is 0 Å². The van der Waals surface area contributed by atoms with Crippen molar-refractivity contribution in [3.63, 3.8) is 0 Å².